The summed E-state index contributed by atoms with van der Waals surface area (Å²) in [5, 5.41) is 3.44. The number of fused-ring (bicyclic) bond motifs is 1. The Bertz CT molecular complexity index is 1050. The zero-order chi connectivity index (χ0) is 23.8. The second kappa shape index (κ2) is 9.35. The maximum atomic E-state index is 13.3. The van der Waals surface area contributed by atoms with E-state index in [0.717, 1.165) is 24.7 Å². The zero-order valence-electron chi connectivity index (χ0n) is 18.2. The van der Waals surface area contributed by atoms with Crippen LogP contribution in [0.1, 0.15) is 27.9 Å². The molecule has 0 radical (unpaired) electrons. The molecule has 0 aromatic heterocycles. The van der Waals surface area contributed by atoms with E-state index in [1.165, 1.54) is 23.1 Å². The summed E-state index contributed by atoms with van der Waals surface area (Å²) < 4.78 is 39.9. The van der Waals surface area contributed by atoms with Crippen molar-refractivity contribution in [3.63, 3.8) is 0 Å². The molecule has 0 spiro atoms. The summed E-state index contributed by atoms with van der Waals surface area (Å²) in [6.45, 7) is 4.78. The van der Waals surface area contributed by atoms with Crippen molar-refractivity contribution >= 4 is 29.1 Å². The van der Waals surface area contributed by atoms with E-state index in [2.05, 4.69) is 10.2 Å². The number of anilines is 1. The largest absolute Gasteiger partial charge is 0.417 e. The molecule has 2 aromatic rings. The molecule has 0 aliphatic carbocycles. The summed E-state index contributed by atoms with van der Waals surface area (Å²) in [5.41, 5.74) is 0.402. The number of hydrogen-bond donors (Lipinski definition) is 1. The van der Waals surface area contributed by atoms with Crippen LogP contribution in [0, 0.1) is 18.8 Å². The highest BCUT2D eigenvalue weighted by Gasteiger charge is 2.43. The number of amides is 2. The standard InChI is InChI=1S/C24H25ClF3N3O2/c1-15-6-7-18(10-21(15)25)29-22(32)8-9-30-11-16-13-31(14-17(16)12-30)23(33)19-4-2-3-5-20(19)24(26,27)28/h2-7,10,16-17H,8-9,11-14H2,1H3,(H,29,32). The van der Waals surface area contributed by atoms with Crippen molar-refractivity contribution in [1.29, 1.82) is 0 Å². The van der Waals surface area contributed by atoms with Crippen molar-refractivity contribution in [1.82, 2.24) is 9.80 Å². The lowest BCUT2D eigenvalue weighted by molar-refractivity contribution is -0.138. The van der Waals surface area contributed by atoms with Gasteiger partial charge in [-0.25, -0.2) is 0 Å². The molecular formula is C24H25ClF3N3O2. The highest BCUT2D eigenvalue weighted by atomic mass is 35.5. The van der Waals surface area contributed by atoms with Gasteiger partial charge >= 0.3 is 6.18 Å². The first-order valence-electron chi connectivity index (χ1n) is 10.9. The van der Waals surface area contributed by atoms with Crippen LogP contribution in [0.2, 0.25) is 5.02 Å². The van der Waals surface area contributed by atoms with E-state index in [0.29, 0.717) is 36.8 Å². The monoisotopic (exact) mass is 479 g/mol. The number of likely N-dealkylation sites (tertiary alicyclic amines) is 2. The summed E-state index contributed by atoms with van der Waals surface area (Å²) in [6.07, 6.45) is -4.24. The number of nitrogens with zero attached hydrogens (tertiary/aromatic N) is 2. The van der Waals surface area contributed by atoms with Gasteiger partial charge in [0.05, 0.1) is 11.1 Å². The lowest BCUT2D eigenvalue weighted by atomic mass is 10.0. The Hall–Kier alpha value is -2.58. The fraction of sp³-hybridized carbons (Fsp3) is 0.417. The Balaban J connectivity index is 1.28. The second-order valence-corrected chi connectivity index (χ2v) is 9.20. The lowest BCUT2D eigenvalue weighted by Gasteiger charge is -2.23. The summed E-state index contributed by atoms with van der Waals surface area (Å²) in [7, 11) is 0. The van der Waals surface area contributed by atoms with Gasteiger partial charge in [-0.3, -0.25) is 9.59 Å². The third-order valence-electron chi connectivity index (χ3n) is 6.42. The molecule has 9 heteroatoms. The number of aryl methyl sites for hydroxylation is 1. The first-order chi connectivity index (χ1) is 15.6. The highest BCUT2D eigenvalue weighted by Crippen LogP contribution is 2.35. The molecule has 2 aromatic carbocycles. The number of halogens is 4. The molecule has 2 fully saturated rings. The Kier molecular flexibility index (Phi) is 6.68. The van der Waals surface area contributed by atoms with Crippen molar-refractivity contribution in [3.8, 4) is 0 Å². The van der Waals surface area contributed by atoms with Crippen LogP contribution in [-0.4, -0.2) is 54.3 Å². The number of hydrogen-bond acceptors (Lipinski definition) is 3. The molecule has 2 amide bonds. The van der Waals surface area contributed by atoms with Crippen LogP contribution in [-0.2, 0) is 11.0 Å². The first-order valence-corrected chi connectivity index (χ1v) is 11.2. The molecule has 1 N–H and O–H groups in total. The van der Waals surface area contributed by atoms with Gasteiger partial charge in [0.15, 0.2) is 0 Å². The van der Waals surface area contributed by atoms with Gasteiger partial charge in [-0.1, -0.05) is 29.8 Å². The smallest absolute Gasteiger partial charge is 0.338 e. The lowest BCUT2D eigenvalue weighted by Crippen LogP contribution is -2.35. The quantitative estimate of drug-likeness (QED) is 0.676. The van der Waals surface area contributed by atoms with E-state index >= 15 is 0 Å². The second-order valence-electron chi connectivity index (χ2n) is 8.80. The zero-order valence-corrected chi connectivity index (χ0v) is 18.9. The molecule has 2 unspecified atom stereocenters. The third-order valence-corrected chi connectivity index (χ3v) is 6.83. The summed E-state index contributed by atoms with van der Waals surface area (Å²) in [6, 6.07) is 10.3. The molecule has 2 aliphatic heterocycles. The van der Waals surface area contributed by atoms with Crippen LogP contribution >= 0.6 is 11.6 Å². The Labute approximate surface area is 195 Å². The Morgan fingerprint density at radius 1 is 1.06 bits per heavy atom. The van der Waals surface area contributed by atoms with E-state index in [9.17, 15) is 22.8 Å². The first kappa shape index (κ1) is 23.6. The number of benzene rings is 2. The number of nitrogens with one attached hydrogen (secondary N) is 1. The van der Waals surface area contributed by atoms with Gasteiger partial charge in [0.25, 0.3) is 5.91 Å². The SMILES string of the molecule is Cc1ccc(NC(=O)CCN2CC3CN(C(=O)c4ccccc4C(F)(F)F)CC3C2)cc1Cl. The molecule has 0 bridgehead atoms. The summed E-state index contributed by atoms with van der Waals surface area (Å²) in [5.74, 6) is -0.274. The van der Waals surface area contributed by atoms with Crippen LogP contribution in [0.15, 0.2) is 42.5 Å². The van der Waals surface area contributed by atoms with Gasteiger partial charge in [-0.2, -0.15) is 13.2 Å². The van der Waals surface area contributed by atoms with Crippen molar-refractivity contribution in [2.24, 2.45) is 11.8 Å². The van der Waals surface area contributed by atoms with Crippen LogP contribution in [0.25, 0.3) is 0 Å². The normalized spacial score (nSPS) is 20.7. The van der Waals surface area contributed by atoms with E-state index < -0.39 is 17.6 Å². The van der Waals surface area contributed by atoms with E-state index in [1.807, 2.05) is 19.1 Å². The van der Waals surface area contributed by atoms with Gasteiger partial charge in [-0.15, -0.1) is 0 Å². The van der Waals surface area contributed by atoms with Crippen LogP contribution in [0.4, 0.5) is 18.9 Å². The minimum absolute atomic E-state index is 0.104. The fourth-order valence-corrected chi connectivity index (χ4v) is 4.86. The predicted octanol–water partition coefficient (Wildman–Crippen LogP) is 4.70. The van der Waals surface area contributed by atoms with Crippen LogP contribution in [0.5, 0.6) is 0 Å². The number of rotatable bonds is 5. The van der Waals surface area contributed by atoms with Gasteiger partial charge in [0, 0.05) is 49.9 Å². The molecule has 0 saturated carbocycles. The number of carbonyl (C=O) groups excluding carboxylic acids is 2. The maximum Gasteiger partial charge on any atom is 0.417 e. The van der Waals surface area contributed by atoms with Crippen molar-refractivity contribution < 1.29 is 22.8 Å². The van der Waals surface area contributed by atoms with Crippen molar-refractivity contribution in [3.05, 3.63) is 64.2 Å². The molecule has 4 rings (SSSR count). The van der Waals surface area contributed by atoms with Crippen molar-refractivity contribution in [2.45, 2.75) is 19.5 Å². The average molecular weight is 480 g/mol. The molecule has 2 heterocycles. The Morgan fingerprint density at radius 3 is 2.36 bits per heavy atom. The molecule has 2 atom stereocenters. The van der Waals surface area contributed by atoms with Gasteiger partial charge in [-0.05, 0) is 48.6 Å². The van der Waals surface area contributed by atoms with E-state index in [-0.39, 0.29) is 23.3 Å². The molecule has 2 aliphatic rings. The van der Waals surface area contributed by atoms with Crippen LogP contribution in [0.3, 0.4) is 0 Å². The minimum atomic E-state index is -4.57. The Morgan fingerprint density at radius 2 is 1.73 bits per heavy atom. The number of alkyl halides is 3. The van der Waals surface area contributed by atoms with Crippen LogP contribution < -0.4 is 5.32 Å². The topological polar surface area (TPSA) is 52.7 Å². The van der Waals surface area contributed by atoms with E-state index in [4.69, 9.17) is 11.6 Å². The third kappa shape index (κ3) is 5.33. The molecule has 176 valence electrons. The van der Waals surface area contributed by atoms with Gasteiger partial charge in [0.1, 0.15) is 0 Å². The fourth-order valence-electron chi connectivity index (χ4n) is 4.68. The maximum absolute atomic E-state index is 13.3. The van der Waals surface area contributed by atoms with E-state index in [1.54, 1.807) is 6.07 Å². The van der Waals surface area contributed by atoms with Gasteiger partial charge in [0.2, 0.25) is 5.91 Å². The minimum Gasteiger partial charge on any atom is -0.338 e. The average Bonchev–Trinajstić information content (AvgIpc) is 3.33. The number of carbonyl (C=O) groups is 2. The molecule has 5 nitrogen and oxygen atoms in total. The van der Waals surface area contributed by atoms with Crippen molar-refractivity contribution in [2.75, 3.05) is 38.0 Å². The molecule has 2 saturated heterocycles. The van der Waals surface area contributed by atoms with Gasteiger partial charge < -0.3 is 15.1 Å². The summed E-state index contributed by atoms with van der Waals surface area (Å²) >= 11 is 6.09. The highest BCUT2D eigenvalue weighted by molar-refractivity contribution is 6.31. The molecular weight excluding hydrogens is 455 g/mol. The predicted molar refractivity (Wildman–Crippen MR) is 120 cm³/mol. The molecule has 33 heavy (non-hydrogen) atoms. The summed E-state index contributed by atoms with van der Waals surface area (Å²) in [4.78, 5) is 28.8.